The number of hydrogen-bond donors (Lipinski definition) is 0. The zero-order valence-electron chi connectivity index (χ0n) is 16.4. The highest BCUT2D eigenvalue weighted by Crippen LogP contribution is 2.21. The molecule has 0 unspecified atom stereocenters. The molecule has 1 aromatic rings. The molecule has 6 nitrogen and oxygen atoms in total. The molecule has 1 fully saturated rings. The van der Waals surface area contributed by atoms with E-state index in [-0.39, 0.29) is 18.1 Å². The highest BCUT2D eigenvalue weighted by molar-refractivity contribution is 5.98. The number of benzene rings is 1. The van der Waals surface area contributed by atoms with Crippen LogP contribution in [0.25, 0.3) is 6.08 Å². The molecule has 27 heavy (non-hydrogen) atoms. The lowest BCUT2D eigenvalue weighted by atomic mass is 9.92. The number of amides is 1. The standard InChI is InChI=1S/C21H27N3O3/c1-15-9-16(2)13-24(12-15)20(25)14-27-21(26)18(11-22)10-17-5-7-19(8-6-17)23(3)4/h5-8,10,15-16H,9,12-14H2,1-4H3/b18-10-/t15-,16-/m1/s1. The lowest BCUT2D eigenvalue weighted by molar-refractivity contribution is -0.149. The number of nitriles is 1. The van der Waals surface area contributed by atoms with Crippen molar-refractivity contribution in [2.75, 3.05) is 38.7 Å². The Bertz CT molecular complexity index is 737. The molecule has 0 aliphatic carbocycles. The second-order valence-corrected chi connectivity index (χ2v) is 7.48. The molecule has 144 valence electrons. The van der Waals surface area contributed by atoms with Crippen molar-refractivity contribution in [2.24, 2.45) is 11.8 Å². The third-order valence-electron chi connectivity index (χ3n) is 4.61. The van der Waals surface area contributed by atoms with Crippen LogP contribution in [0.3, 0.4) is 0 Å². The number of esters is 1. The molecule has 0 bridgehead atoms. The summed E-state index contributed by atoms with van der Waals surface area (Å²) < 4.78 is 5.09. The van der Waals surface area contributed by atoms with Crippen molar-refractivity contribution in [3.8, 4) is 6.07 Å². The number of carbonyl (C=O) groups is 2. The molecule has 1 amide bonds. The largest absolute Gasteiger partial charge is 0.451 e. The lowest BCUT2D eigenvalue weighted by Crippen LogP contribution is -2.44. The first-order valence-electron chi connectivity index (χ1n) is 9.14. The van der Waals surface area contributed by atoms with Gasteiger partial charge in [0.1, 0.15) is 11.6 Å². The van der Waals surface area contributed by atoms with Gasteiger partial charge in [0.05, 0.1) is 0 Å². The molecule has 0 aromatic heterocycles. The van der Waals surface area contributed by atoms with Gasteiger partial charge in [-0.05, 0) is 42.0 Å². The second kappa shape index (κ2) is 9.22. The third kappa shape index (κ3) is 5.85. The molecule has 0 spiro atoms. The molecule has 1 aliphatic rings. The van der Waals surface area contributed by atoms with Crippen LogP contribution in [-0.2, 0) is 14.3 Å². The summed E-state index contributed by atoms with van der Waals surface area (Å²) in [5, 5.41) is 9.26. The summed E-state index contributed by atoms with van der Waals surface area (Å²) in [5.74, 6) is -0.115. The van der Waals surface area contributed by atoms with E-state index >= 15 is 0 Å². The number of anilines is 1. The number of piperidine rings is 1. The Morgan fingerprint density at radius 1 is 1.22 bits per heavy atom. The van der Waals surface area contributed by atoms with Gasteiger partial charge in [-0.2, -0.15) is 5.26 Å². The minimum Gasteiger partial charge on any atom is -0.451 e. The van der Waals surface area contributed by atoms with Gasteiger partial charge in [0, 0.05) is 32.9 Å². The fourth-order valence-corrected chi connectivity index (χ4v) is 3.34. The molecule has 0 N–H and O–H groups in total. The first-order chi connectivity index (χ1) is 12.8. The van der Waals surface area contributed by atoms with E-state index < -0.39 is 5.97 Å². The summed E-state index contributed by atoms with van der Waals surface area (Å²) >= 11 is 0. The van der Waals surface area contributed by atoms with E-state index in [1.165, 1.54) is 6.08 Å². The Hall–Kier alpha value is -2.81. The van der Waals surface area contributed by atoms with Crippen molar-refractivity contribution in [2.45, 2.75) is 20.3 Å². The number of nitrogens with zero attached hydrogens (tertiary/aromatic N) is 3. The average Bonchev–Trinajstić information content (AvgIpc) is 2.63. The predicted molar refractivity (Wildman–Crippen MR) is 105 cm³/mol. The van der Waals surface area contributed by atoms with Crippen molar-refractivity contribution in [1.29, 1.82) is 5.26 Å². The van der Waals surface area contributed by atoms with E-state index in [9.17, 15) is 14.9 Å². The normalized spacial score (nSPS) is 20.0. The van der Waals surface area contributed by atoms with Crippen molar-refractivity contribution in [1.82, 2.24) is 4.90 Å². The smallest absolute Gasteiger partial charge is 0.349 e. The molecule has 2 rings (SSSR count). The topological polar surface area (TPSA) is 73.6 Å². The Kier molecular flexibility index (Phi) is 7.00. The van der Waals surface area contributed by atoms with Crippen molar-refractivity contribution in [3.63, 3.8) is 0 Å². The van der Waals surface area contributed by atoms with E-state index in [0.717, 1.165) is 17.7 Å². The van der Waals surface area contributed by atoms with Crippen LogP contribution in [-0.4, -0.2) is 50.6 Å². The highest BCUT2D eigenvalue weighted by atomic mass is 16.5. The zero-order chi connectivity index (χ0) is 20.0. The molecule has 1 saturated heterocycles. The molecule has 1 heterocycles. The van der Waals surface area contributed by atoms with Crippen LogP contribution in [0.1, 0.15) is 25.8 Å². The Morgan fingerprint density at radius 2 is 1.81 bits per heavy atom. The third-order valence-corrected chi connectivity index (χ3v) is 4.61. The maximum atomic E-state index is 12.3. The van der Waals surface area contributed by atoms with Crippen LogP contribution in [0.4, 0.5) is 5.69 Å². The fourth-order valence-electron chi connectivity index (χ4n) is 3.34. The molecule has 1 aromatic carbocycles. The summed E-state index contributed by atoms with van der Waals surface area (Å²) in [4.78, 5) is 28.2. The number of ether oxygens (including phenoxy) is 1. The lowest BCUT2D eigenvalue weighted by Gasteiger charge is -2.34. The van der Waals surface area contributed by atoms with Gasteiger partial charge in [0.2, 0.25) is 0 Å². The van der Waals surface area contributed by atoms with E-state index in [1.807, 2.05) is 49.3 Å². The maximum absolute atomic E-state index is 12.3. The van der Waals surface area contributed by atoms with Gasteiger partial charge in [-0.1, -0.05) is 26.0 Å². The number of hydrogen-bond acceptors (Lipinski definition) is 5. The van der Waals surface area contributed by atoms with Crippen LogP contribution >= 0.6 is 0 Å². The van der Waals surface area contributed by atoms with Crippen LogP contribution in [0.5, 0.6) is 0 Å². The van der Waals surface area contributed by atoms with E-state index in [0.29, 0.717) is 24.9 Å². The monoisotopic (exact) mass is 369 g/mol. The van der Waals surface area contributed by atoms with Crippen LogP contribution in [0.2, 0.25) is 0 Å². The van der Waals surface area contributed by atoms with Crippen molar-refractivity contribution >= 4 is 23.6 Å². The first-order valence-corrected chi connectivity index (χ1v) is 9.14. The number of rotatable bonds is 5. The quantitative estimate of drug-likeness (QED) is 0.453. The van der Waals surface area contributed by atoms with Crippen molar-refractivity contribution < 1.29 is 14.3 Å². The second-order valence-electron chi connectivity index (χ2n) is 7.48. The Labute approximate surface area is 161 Å². The van der Waals surface area contributed by atoms with Crippen LogP contribution in [0, 0.1) is 23.2 Å². The van der Waals surface area contributed by atoms with Crippen LogP contribution in [0.15, 0.2) is 29.8 Å². The molecule has 0 saturated carbocycles. The van der Waals surface area contributed by atoms with E-state index in [4.69, 9.17) is 4.74 Å². The molecule has 1 aliphatic heterocycles. The van der Waals surface area contributed by atoms with Gasteiger partial charge in [0.25, 0.3) is 5.91 Å². The van der Waals surface area contributed by atoms with Crippen LogP contribution < -0.4 is 4.90 Å². The Balaban J connectivity index is 1.96. The number of likely N-dealkylation sites (tertiary alicyclic amines) is 1. The summed E-state index contributed by atoms with van der Waals surface area (Å²) in [6.45, 7) is 5.25. The predicted octanol–water partition coefficient (Wildman–Crippen LogP) is 2.71. The summed E-state index contributed by atoms with van der Waals surface area (Å²) in [6, 6.07) is 9.29. The summed E-state index contributed by atoms with van der Waals surface area (Å²) in [5.41, 5.74) is 1.61. The molecule has 0 radical (unpaired) electrons. The average molecular weight is 369 g/mol. The fraction of sp³-hybridized carbons (Fsp3) is 0.476. The zero-order valence-corrected chi connectivity index (χ0v) is 16.4. The van der Waals surface area contributed by atoms with Crippen molar-refractivity contribution in [3.05, 3.63) is 35.4 Å². The SMILES string of the molecule is C[C@@H]1C[C@@H](C)CN(C(=O)COC(=O)/C(C#N)=C\c2ccc(N(C)C)cc2)C1. The minimum atomic E-state index is -0.777. The Morgan fingerprint density at radius 3 is 2.33 bits per heavy atom. The van der Waals surface area contributed by atoms with Gasteiger partial charge < -0.3 is 14.5 Å². The minimum absolute atomic E-state index is 0.124. The molecular formula is C21H27N3O3. The van der Waals surface area contributed by atoms with Gasteiger partial charge in [0.15, 0.2) is 6.61 Å². The van der Waals surface area contributed by atoms with E-state index in [1.54, 1.807) is 4.90 Å². The highest BCUT2D eigenvalue weighted by Gasteiger charge is 2.26. The van der Waals surface area contributed by atoms with Gasteiger partial charge in [-0.3, -0.25) is 4.79 Å². The van der Waals surface area contributed by atoms with Gasteiger partial charge in [-0.15, -0.1) is 0 Å². The number of carbonyl (C=O) groups excluding carboxylic acids is 2. The summed E-state index contributed by atoms with van der Waals surface area (Å²) in [6.07, 6.45) is 2.56. The summed E-state index contributed by atoms with van der Waals surface area (Å²) in [7, 11) is 3.87. The first kappa shape index (κ1) is 20.5. The van der Waals surface area contributed by atoms with Gasteiger partial charge >= 0.3 is 5.97 Å². The molecular weight excluding hydrogens is 342 g/mol. The molecule has 6 heteroatoms. The van der Waals surface area contributed by atoms with E-state index in [2.05, 4.69) is 13.8 Å². The van der Waals surface area contributed by atoms with Gasteiger partial charge in [-0.25, -0.2) is 4.79 Å². The molecule has 2 atom stereocenters. The maximum Gasteiger partial charge on any atom is 0.349 e.